The molecule has 0 atom stereocenters. The number of nitrogens with zero attached hydrogens (tertiary/aromatic N) is 3. The molecule has 0 aliphatic carbocycles. The topological polar surface area (TPSA) is 83.8 Å². The first-order chi connectivity index (χ1) is 13.9. The zero-order valence-corrected chi connectivity index (χ0v) is 16.9. The third-order valence-corrected chi connectivity index (χ3v) is 5.31. The summed E-state index contributed by atoms with van der Waals surface area (Å²) in [6.07, 6.45) is 2.98. The third-order valence-electron chi connectivity index (χ3n) is 4.98. The van der Waals surface area contributed by atoms with E-state index in [9.17, 15) is 19.7 Å². The van der Waals surface area contributed by atoms with Crippen molar-refractivity contribution in [3.05, 3.63) is 68.7 Å². The number of piperidine rings is 1. The molecule has 1 saturated heterocycles. The molecule has 0 unspecified atom stereocenters. The Morgan fingerprint density at radius 1 is 1.10 bits per heavy atom. The normalized spacial score (nSPS) is 13.8. The van der Waals surface area contributed by atoms with E-state index < -0.39 is 10.8 Å². The molecule has 0 saturated carbocycles. The minimum absolute atomic E-state index is 0.00659. The summed E-state index contributed by atoms with van der Waals surface area (Å²) in [6, 6.07) is 10.9. The average Bonchev–Trinajstić information content (AvgIpc) is 2.73. The highest BCUT2D eigenvalue weighted by Gasteiger charge is 2.27. The number of rotatable bonds is 5. The summed E-state index contributed by atoms with van der Waals surface area (Å²) in [7, 11) is 0. The van der Waals surface area contributed by atoms with E-state index in [1.807, 2.05) is 19.1 Å². The van der Waals surface area contributed by atoms with Gasteiger partial charge in [-0.3, -0.25) is 24.6 Å². The van der Waals surface area contributed by atoms with Gasteiger partial charge in [0, 0.05) is 30.9 Å². The lowest BCUT2D eigenvalue weighted by Gasteiger charge is -2.30. The first-order valence-corrected chi connectivity index (χ1v) is 9.85. The van der Waals surface area contributed by atoms with Crippen molar-refractivity contribution in [2.75, 3.05) is 24.5 Å². The summed E-state index contributed by atoms with van der Waals surface area (Å²) >= 11 is 6.17. The lowest BCUT2D eigenvalue weighted by Crippen LogP contribution is -2.45. The molecular weight excluding hydrogens is 394 g/mol. The van der Waals surface area contributed by atoms with Crippen LogP contribution in [-0.2, 0) is 4.79 Å². The molecule has 1 aliphatic heterocycles. The fourth-order valence-corrected chi connectivity index (χ4v) is 3.52. The average molecular weight is 416 g/mol. The van der Waals surface area contributed by atoms with Crippen molar-refractivity contribution >= 4 is 34.8 Å². The number of amides is 2. The van der Waals surface area contributed by atoms with E-state index in [4.69, 9.17) is 11.6 Å². The van der Waals surface area contributed by atoms with Gasteiger partial charge in [-0.2, -0.15) is 0 Å². The summed E-state index contributed by atoms with van der Waals surface area (Å²) in [5.74, 6) is -0.701. The summed E-state index contributed by atoms with van der Waals surface area (Å²) in [6.45, 7) is 3.12. The molecule has 8 heteroatoms. The Kier molecular flexibility index (Phi) is 6.49. The Bertz CT molecular complexity index is 924. The predicted octanol–water partition coefficient (Wildman–Crippen LogP) is 4.22. The predicted molar refractivity (Wildman–Crippen MR) is 111 cm³/mol. The molecule has 29 heavy (non-hydrogen) atoms. The maximum atomic E-state index is 13.3. The van der Waals surface area contributed by atoms with Crippen LogP contribution in [0, 0.1) is 17.0 Å². The monoisotopic (exact) mass is 415 g/mol. The Labute approximate surface area is 174 Å². The van der Waals surface area contributed by atoms with Crippen molar-refractivity contribution in [3.63, 3.8) is 0 Å². The number of carbonyl (C=O) groups excluding carboxylic acids is 2. The number of aryl methyl sites for hydroxylation is 1. The van der Waals surface area contributed by atoms with Gasteiger partial charge in [-0.1, -0.05) is 29.3 Å². The van der Waals surface area contributed by atoms with Crippen LogP contribution >= 0.6 is 11.6 Å². The molecule has 2 aromatic carbocycles. The summed E-state index contributed by atoms with van der Waals surface area (Å²) < 4.78 is 0. The van der Waals surface area contributed by atoms with Crippen LogP contribution in [0.3, 0.4) is 0 Å². The molecular formula is C21H22ClN3O4. The highest BCUT2D eigenvalue weighted by molar-refractivity contribution is 6.34. The van der Waals surface area contributed by atoms with E-state index in [-0.39, 0.29) is 28.7 Å². The van der Waals surface area contributed by atoms with Crippen molar-refractivity contribution in [1.29, 1.82) is 0 Å². The van der Waals surface area contributed by atoms with E-state index in [0.717, 1.165) is 30.9 Å². The van der Waals surface area contributed by atoms with Crippen molar-refractivity contribution in [2.45, 2.75) is 26.2 Å². The Hall–Kier alpha value is -2.93. The zero-order chi connectivity index (χ0) is 21.0. The number of likely N-dealkylation sites (tertiary alicyclic amines) is 1. The van der Waals surface area contributed by atoms with Gasteiger partial charge in [0.25, 0.3) is 11.6 Å². The number of nitro groups is 1. The first kappa shape index (κ1) is 20.8. The number of anilines is 1. The zero-order valence-electron chi connectivity index (χ0n) is 16.1. The van der Waals surface area contributed by atoms with Crippen LogP contribution in [0.25, 0.3) is 0 Å². The number of halogens is 1. The van der Waals surface area contributed by atoms with Crippen molar-refractivity contribution in [2.24, 2.45) is 0 Å². The van der Waals surface area contributed by atoms with Gasteiger partial charge >= 0.3 is 0 Å². The number of hydrogen-bond acceptors (Lipinski definition) is 4. The van der Waals surface area contributed by atoms with Crippen LogP contribution in [0.4, 0.5) is 11.4 Å². The summed E-state index contributed by atoms with van der Waals surface area (Å²) in [5, 5.41) is 11.2. The Balaban J connectivity index is 1.95. The van der Waals surface area contributed by atoms with Gasteiger partial charge < -0.3 is 4.90 Å². The fourth-order valence-electron chi connectivity index (χ4n) is 3.32. The summed E-state index contributed by atoms with van der Waals surface area (Å²) in [4.78, 5) is 39.8. The number of non-ortho nitro benzene ring substituents is 1. The molecule has 1 fully saturated rings. The van der Waals surface area contributed by atoms with Crippen molar-refractivity contribution < 1.29 is 14.5 Å². The second-order valence-corrected chi connectivity index (χ2v) is 7.50. The van der Waals surface area contributed by atoms with Crippen LogP contribution in [0.5, 0.6) is 0 Å². The molecule has 1 aliphatic rings. The van der Waals surface area contributed by atoms with E-state index in [1.54, 1.807) is 17.0 Å². The molecule has 0 bridgehead atoms. The van der Waals surface area contributed by atoms with Crippen molar-refractivity contribution in [1.82, 2.24) is 4.90 Å². The largest absolute Gasteiger partial charge is 0.341 e. The van der Waals surface area contributed by atoms with Crippen molar-refractivity contribution in [3.8, 4) is 0 Å². The molecule has 2 amide bonds. The molecule has 0 spiro atoms. The minimum atomic E-state index is -0.581. The molecule has 152 valence electrons. The SMILES string of the molecule is Cc1ccc(N(CC(=O)N2CCCCC2)C(=O)c2cc([N+](=O)[O-])ccc2Cl)cc1. The minimum Gasteiger partial charge on any atom is -0.341 e. The summed E-state index contributed by atoms with van der Waals surface area (Å²) in [5.41, 5.74) is 1.31. The van der Waals surface area contributed by atoms with E-state index >= 15 is 0 Å². The smallest absolute Gasteiger partial charge is 0.270 e. The van der Waals surface area contributed by atoms with E-state index in [0.29, 0.717) is 18.8 Å². The first-order valence-electron chi connectivity index (χ1n) is 9.47. The van der Waals surface area contributed by atoms with Gasteiger partial charge in [-0.25, -0.2) is 0 Å². The van der Waals surface area contributed by atoms with Gasteiger partial charge in [-0.05, 0) is 44.4 Å². The molecule has 7 nitrogen and oxygen atoms in total. The highest BCUT2D eigenvalue weighted by Crippen LogP contribution is 2.26. The molecule has 0 N–H and O–H groups in total. The van der Waals surface area contributed by atoms with Crippen LogP contribution in [0.1, 0.15) is 35.2 Å². The van der Waals surface area contributed by atoms with Gasteiger partial charge in [-0.15, -0.1) is 0 Å². The van der Waals surface area contributed by atoms with E-state index in [2.05, 4.69) is 0 Å². The highest BCUT2D eigenvalue weighted by atomic mass is 35.5. The van der Waals surface area contributed by atoms with E-state index in [1.165, 1.54) is 17.0 Å². The number of benzene rings is 2. The lowest BCUT2D eigenvalue weighted by atomic mass is 10.1. The Morgan fingerprint density at radius 2 is 1.76 bits per heavy atom. The van der Waals surface area contributed by atoms with Gasteiger partial charge in [0.1, 0.15) is 6.54 Å². The van der Waals surface area contributed by atoms with Gasteiger partial charge in [0.15, 0.2) is 0 Å². The van der Waals surface area contributed by atoms with Crippen LogP contribution < -0.4 is 4.90 Å². The molecule has 0 radical (unpaired) electrons. The maximum absolute atomic E-state index is 13.3. The molecule has 3 rings (SSSR count). The van der Waals surface area contributed by atoms with Gasteiger partial charge in [0.05, 0.1) is 15.5 Å². The standard InChI is InChI=1S/C21H22ClN3O4/c1-15-5-7-16(8-6-15)24(14-20(26)23-11-3-2-4-12-23)21(27)18-13-17(25(28)29)9-10-19(18)22/h5-10,13H,2-4,11-12,14H2,1H3. The number of hydrogen-bond donors (Lipinski definition) is 0. The quantitative estimate of drug-likeness (QED) is 0.540. The van der Waals surface area contributed by atoms with Gasteiger partial charge in [0.2, 0.25) is 5.91 Å². The van der Waals surface area contributed by atoms with Crippen LogP contribution in [0.2, 0.25) is 5.02 Å². The molecule has 0 aromatic heterocycles. The molecule has 1 heterocycles. The number of carbonyl (C=O) groups is 2. The second kappa shape index (κ2) is 9.05. The third kappa shape index (κ3) is 4.92. The second-order valence-electron chi connectivity index (χ2n) is 7.09. The van der Waals surface area contributed by atoms with Crippen LogP contribution in [0.15, 0.2) is 42.5 Å². The van der Waals surface area contributed by atoms with Crippen LogP contribution in [-0.4, -0.2) is 41.3 Å². The number of nitro benzene ring substituents is 1. The maximum Gasteiger partial charge on any atom is 0.270 e. The lowest BCUT2D eigenvalue weighted by molar-refractivity contribution is -0.384. The molecule has 2 aromatic rings. The Morgan fingerprint density at radius 3 is 2.38 bits per heavy atom. The fraction of sp³-hybridized carbons (Fsp3) is 0.333.